The summed E-state index contributed by atoms with van der Waals surface area (Å²) in [6, 6.07) is 4.97. The molecule has 0 bridgehead atoms. The van der Waals surface area contributed by atoms with Gasteiger partial charge in [0, 0.05) is 38.2 Å². The Morgan fingerprint density at radius 2 is 1.77 bits per heavy atom. The predicted molar refractivity (Wildman–Crippen MR) is 139 cm³/mol. The lowest BCUT2D eigenvalue weighted by Crippen LogP contribution is -2.40. The van der Waals surface area contributed by atoms with Gasteiger partial charge in [0.15, 0.2) is 5.65 Å². The fourth-order valence-corrected chi connectivity index (χ4v) is 5.12. The quantitative estimate of drug-likeness (QED) is 0.324. The monoisotopic (exact) mass is 559 g/mol. The average Bonchev–Trinajstić information content (AvgIpc) is 3.65. The minimum atomic E-state index is -4.81. The molecule has 1 saturated heterocycles. The van der Waals surface area contributed by atoms with Gasteiger partial charge in [0.1, 0.15) is 17.1 Å². The van der Waals surface area contributed by atoms with E-state index in [9.17, 15) is 27.6 Å². The Balaban J connectivity index is 1.55. The van der Waals surface area contributed by atoms with Crippen molar-refractivity contribution in [3.63, 3.8) is 0 Å². The molecular formula is C26H28F3N7O4. The Morgan fingerprint density at radius 1 is 1.07 bits per heavy atom. The first-order valence-corrected chi connectivity index (χ1v) is 13.0. The standard InChI is InChI=1S/C26H28F3N7O4/c1-3-9-34-23-20(24(38)35(10-4-2)25(34)39)32-22(33-23)17-13-31-36(14-17)21(16-11-19(37)30-12-16)15-5-7-18(8-6-15)40-26(27,28)29/h5-8,13-14,16,21H,3-4,9-12H2,1-2H3,(H,30,37)(H,32,33). The van der Waals surface area contributed by atoms with Gasteiger partial charge in [-0.3, -0.25) is 23.4 Å². The van der Waals surface area contributed by atoms with E-state index in [2.05, 4.69) is 25.1 Å². The van der Waals surface area contributed by atoms with Gasteiger partial charge in [-0.25, -0.2) is 9.78 Å². The fourth-order valence-electron chi connectivity index (χ4n) is 5.12. The van der Waals surface area contributed by atoms with Gasteiger partial charge in [-0.15, -0.1) is 13.2 Å². The molecule has 0 saturated carbocycles. The van der Waals surface area contributed by atoms with Gasteiger partial charge in [-0.2, -0.15) is 5.10 Å². The SMILES string of the molecule is CCCn1c(=O)c2[nH]c(-c3cnn(C(c4ccc(OC(F)(F)F)cc4)C4CNC(=O)C4)c3)nc2n(CCC)c1=O. The van der Waals surface area contributed by atoms with E-state index in [1.54, 1.807) is 17.1 Å². The van der Waals surface area contributed by atoms with Crippen LogP contribution < -0.4 is 21.3 Å². The van der Waals surface area contributed by atoms with E-state index in [1.165, 1.54) is 33.4 Å². The van der Waals surface area contributed by atoms with Gasteiger partial charge in [-0.05, 0) is 30.5 Å². The Labute approximate surface area is 225 Å². The minimum Gasteiger partial charge on any atom is -0.406 e. The second-order valence-corrected chi connectivity index (χ2v) is 9.71. The first kappa shape index (κ1) is 27.2. The number of imidazole rings is 1. The van der Waals surface area contributed by atoms with Crippen molar-refractivity contribution >= 4 is 17.1 Å². The molecule has 0 aliphatic carbocycles. The van der Waals surface area contributed by atoms with Crippen LogP contribution in [0.1, 0.15) is 44.7 Å². The molecule has 11 nitrogen and oxygen atoms in total. The number of fused-ring (bicyclic) bond motifs is 1. The summed E-state index contributed by atoms with van der Waals surface area (Å²) in [4.78, 5) is 45.7. The Morgan fingerprint density at radius 3 is 2.40 bits per heavy atom. The lowest BCUT2D eigenvalue weighted by Gasteiger charge is -2.23. The van der Waals surface area contributed by atoms with Crippen LogP contribution in [0.2, 0.25) is 0 Å². The number of ether oxygens (including phenoxy) is 1. The molecule has 4 aromatic rings. The van der Waals surface area contributed by atoms with E-state index in [-0.39, 0.29) is 41.7 Å². The number of halogens is 3. The molecule has 2 atom stereocenters. The summed E-state index contributed by atoms with van der Waals surface area (Å²) in [6.45, 7) is 4.85. The molecule has 2 N–H and O–H groups in total. The fraction of sp³-hybridized carbons (Fsp3) is 0.423. The number of benzene rings is 1. The first-order chi connectivity index (χ1) is 19.1. The van der Waals surface area contributed by atoms with E-state index >= 15 is 0 Å². The third-order valence-electron chi connectivity index (χ3n) is 6.83. The van der Waals surface area contributed by atoms with Crippen LogP contribution in [0.4, 0.5) is 13.2 Å². The molecule has 1 fully saturated rings. The maximum atomic E-state index is 13.1. The molecule has 0 spiro atoms. The zero-order chi connectivity index (χ0) is 28.6. The highest BCUT2D eigenvalue weighted by atomic mass is 19.4. The summed E-state index contributed by atoms with van der Waals surface area (Å²) >= 11 is 0. The van der Waals surface area contributed by atoms with Crippen LogP contribution in [0.5, 0.6) is 5.75 Å². The maximum absolute atomic E-state index is 13.1. The third-order valence-corrected chi connectivity index (χ3v) is 6.83. The maximum Gasteiger partial charge on any atom is 0.573 e. The zero-order valence-electron chi connectivity index (χ0n) is 21.9. The number of H-pyrrole nitrogens is 1. The van der Waals surface area contributed by atoms with Gasteiger partial charge in [0.25, 0.3) is 5.56 Å². The van der Waals surface area contributed by atoms with Gasteiger partial charge < -0.3 is 15.0 Å². The van der Waals surface area contributed by atoms with E-state index in [1.807, 2.05) is 13.8 Å². The van der Waals surface area contributed by atoms with Crippen molar-refractivity contribution in [1.82, 2.24) is 34.2 Å². The average molecular weight is 560 g/mol. The lowest BCUT2D eigenvalue weighted by molar-refractivity contribution is -0.274. The number of carbonyl (C=O) groups is 1. The van der Waals surface area contributed by atoms with Crippen LogP contribution in [0.25, 0.3) is 22.6 Å². The summed E-state index contributed by atoms with van der Waals surface area (Å²) < 4.78 is 46.2. The van der Waals surface area contributed by atoms with E-state index in [4.69, 9.17) is 0 Å². The lowest BCUT2D eigenvalue weighted by atomic mass is 9.92. The number of nitrogens with one attached hydrogen (secondary N) is 2. The number of nitrogens with zero attached hydrogens (tertiary/aromatic N) is 5. The summed E-state index contributed by atoms with van der Waals surface area (Å²) in [6.07, 6.45) is -0.0769. The van der Waals surface area contributed by atoms with Crippen LogP contribution in [-0.4, -0.2) is 47.7 Å². The van der Waals surface area contributed by atoms with Crippen LogP contribution >= 0.6 is 0 Å². The van der Waals surface area contributed by atoms with Crippen molar-refractivity contribution in [2.24, 2.45) is 5.92 Å². The van der Waals surface area contributed by atoms with Gasteiger partial charge >= 0.3 is 12.1 Å². The summed E-state index contributed by atoms with van der Waals surface area (Å²) in [7, 11) is 0. The molecule has 40 heavy (non-hydrogen) atoms. The molecule has 3 aromatic heterocycles. The number of amides is 1. The zero-order valence-corrected chi connectivity index (χ0v) is 21.9. The highest BCUT2D eigenvalue weighted by Gasteiger charge is 2.34. The van der Waals surface area contributed by atoms with Crippen LogP contribution in [0.3, 0.4) is 0 Å². The predicted octanol–water partition coefficient (Wildman–Crippen LogP) is 3.19. The molecule has 1 aromatic carbocycles. The van der Waals surface area contributed by atoms with E-state index < -0.39 is 23.7 Å². The first-order valence-electron chi connectivity index (χ1n) is 13.0. The number of hydrogen-bond donors (Lipinski definition) is 2. The smallest absolute Gasteiger partial charge is 0.406 e. The molecular weight excluding hydrogens is 531 g/mol. The number of aromatic amines is 1. The number of aromatic nitrogens is 6. The van der Waals surface area contributed by atoms with Crippen molar-refractivity contribution in [2.75, 3.05) is 6.54 Å². The molecule has 14 heteroatoms. The summed E-state index contributed by atoms with van der Waals surface area (Å²) in [5.41, 5.74) is 0.782. The highest BCUT2D eigenvalue weighted by molar-refractivity contribution is 5.78. The molecule has 1 aliphatic rings. The largest absolute Gasteiger partial charge is 0.573 e. The molecule has 0 radical (unpaired) electrons. The number of alkyl halides is 3. The normalized spacial score (nSPS) is 16.4. The van der Waals surface area contributed by atoms with Crippen LogP contribution in [0, 0.1) is 5.92 Å². The van der Waals surface area contributed by atoms with Gasteiger partial charge in [0.05, 0.1) is 17.8 Å². The second kappa shape index (κ2) is 10.7. The summed E-state index contributed by atoms with van der Waals surface area (Å²) in [5.74, 6) is -0.369. The molecule has 1 amide bonds. The number of carbonyl (C=O) groups excluding carboxylic acids is 1. The highest BCUT2D eigenvalue weighted by Crippen LogP contribution is 2.34. The minimum absolute atomic E-state index is 0.131. The number of hydrogen-bond acceptors (Lipinski definition) is 6. The second-order valence-electron chi connectivity index (χ2n) is 9.71. The van der Waals surface area contributed by atoms with E-state index in [0.717, 1.165) is 0 Å². The summed E-state index contributed by atoms with van der Waals surface area (Å²) in [5, 5.41) is 7.28. The molecule has 4 heterocycles. The molecule has 5 rings (SSSR count). The Bertz CT molecular complexity index is 1650. The van der Waals surface area contributed by atoms with Crippen molar-refractivity contribution in [2.45, 2.75) is 58.6 Å². The molecule has 2 unspecified atom stereocenters. The molecule has 212 valence electrons. The van der Waals surface area contributed by atoms with Gasteiger partial charge in [-0.1, -0.05) is 26.0 Å². The number of rotatable bonds is 9. The number of aryl methyl sites for hydroxylation is 1. The van der Waals surface area contributed by atoms with Crippen molar-refractivity contribution in [1.29, 1.82) is 0 Å². The van der Waals surface area contributed by atoms with Gasteiger partial charge in [0.2, 0.25) is 5.91 Å². The van der Waals surface area contributed by atoms with E-state index in [0.29, 0.717) is 42.9 Å². The van der Waals surface area contributed by atoms with Crippen LogP contribution in [0.15, 0.2) is 46.2 Å². The Hall–Kier alpha value is -4.36. The molecule has 1 aliphatic heterocycles. The third kappa shape index (κ3) is 5.25. The van der Waals surface area contributed by atoms with Crippen LogP contribution in [-0.2, 0) is 17.9 Å². The van der Waals surface area contributed by atoms with Crippen molar-refractivity contribution < 1.29 is 22.7 Å². The Kier molecular flexibility index (Phi) is 7.25. The van der Waals surface area contributed by atoms with Crippen molar-refractivity contribution in [3.8, 4) is 17.1 Å². The topological polar surface area (TPSA) is 129 Å². The van der Waals surface area contributed by atoms with Crippen molar-refractivity contribution in [3.05, 3.63) is 63.1 Å².